The van der Waals surface area contributed by atoms with Crippen LogP contribution in [0.3, 0.4) is 0 Å². The van der Waals surface area contributed by atoms with Crippen molar-refractivity contribution in [2.24, 2.45) is 0 Å². The summed E-state index contributed by atoms with van der Waals surface area (Å²) in [5.41, 5.74) is 13.5. The first-order valence-electron chi connectivity index (χ1n) is 21.1. The lowest BCUT2D eigenvalue weighted by Crippen LogP contribution is -2.16. The summed E-state index contributed by atoms with van der Waals surface area (Å²) in [4.78, 5) is 2.49. The third-order valence-corrected chi connectivity index (χ3v) is 13.3. The number of hydrogen-bond acceptors (Lipinski definition) is 2. The molecule has 292 valence electrons. The highest BCUT2D eigenvalue weighted by Gasteiger charge is 2.24. The van der Waals surface area contributed by atoms with Gasteiger partial charge in [-0.2, -0.15) is 0 Å². The standard InChI is InChI=1S/C58H49NS/c1-57(2,3)42-34-41(35-43(37-42)58(4,5)6)47-27-14-20-39-21-15-29-49(55(39)47)48-25-9-11-30-52(48)59(51-31-16-19-38-18-7-8-24-45(38)51)44-23-13-22-40(36-44)46-28-17-33-54-56(46)50-26-10-12-32-53(50)60-54/h7-37H,1-6H3. The molecule has 0 unspecified atom stereocenters. The summed E-state index contributed by atoms with van der Waals surface area (Å²) in [6, 6.07) is 70.1. The van der Waals surface area contributed by atoms with Crippen LogP contribution in [0.5, 0.6) is 0 Å². The second-order valence-corrected chi connectivity index (χ2v) is 19.3. The highest BCUT2D eigenvalue weighted by Crippen LogP contribution is 2.48. The van der Waals surface area contributed by atoms with Crippen molar-refractivity contribution in [3.05, 3.63) is 199 Å². The minimum Gasteiger partial charge on any atom is -0.309 e. The van der Waals surface area contributed by atoms with Crippen LogP contribution in [0.25, 0.3) is 75.1 Å². The van der Waals surface area contributed by atoms with Crippen LogP contribution < -0.4 is 4.90 Å². The fraction of sp³-hybridized carbons (Fsp3) is 0.138. The molecular formula is C58H49NS. The highest BCUT2D eigenvalue weighted by atomic mass is 32.1. The van der Waals surface area contributed by atoms with E-state index in [1.165, 1.54) is 86.2 Å². The molecule has 10 rings (SSSR count). The van der Waals surface area contributed by atoms with Gasteiger partial charge in [0, 0.05) is 36.8 Å². The molecule has 9 aromatic carbocycles. The maximum atomic E-state index is 2.49. The molecule has 0 atom stereocenters. The van der Waals surface area contributed by atoms with Crippen molar-refractivity contribution in [2.75, 3.05) is 4.90 Å². The molecule has 0 radical (unpaired) electrons. The first kappa shape index (κ1) is 37.8. The Kier molecular flexibility index (Phi) is 9.23. The minimum atomic E-state index is 0.00553. The number of hydrogen-bond donors (Lipinski definition) is 0. The van der Waals surface area contributed by atoms with E-state index < -0.39 is 0 Å². The smallest absolute Gasteiger partial charge is 0.0540 e. The number of rotatable bonds is 6. The van der Waals surface area contributed by atoms with E-state index in [1.54, 1.807) is 0 Å². The van der Waals surface area contributed by atoms with Gasteiger partial charge < -0.3 is 4.90 Å². The van der Waals surface area contributed by atoms with Crippen molar-refractivity contribution < 1.29 is 0 Å². The Bertz CT molecular complexity index is 3200. The number of thiophene rings is 1. The van der Waals surface area contributed by atoms with Crippen LogP contribution >= 0.6 is 11.3 Å². The Hall–Kier alpha value is -6.48. The Morgan fingerprint density at radius 2 is 0.900 bits per heavy atom. The molecule has 1 nitrogen and oxygen atoms in total. The zero-order valence-corrected chi connectivity index (χ0v) is 36.1. The Labute approximate surface area is 358 Å². The molecule has 0 aliphatic heterocycles. The van der Waals surface area contributed by atoms with E-state index in [4.69, 9.17) is 0 Å². The highest BCUT2D eigenvalue weighted by molar-refractivity contribution is 7.25. The maximum Gasteiger partial charge on any atom is 0.0540 e. The molecule has 10 aromatic rings. The molecule has 2 heteroatoms. The van der Waals surface area contributed by atoms with E-state index in [0.29, 0.717) is 0 Å². The SMILES string of the molecule is CC(C)(C)c1cc(-c2cccc3cccc(-c4ccccc4N(c4cccc(-c5cccc6sc7ccccc7c56)c4)c4cccc5ccccc45)c23)cc(C(C)(C)C)c1. The Morgan fingerprint density at radius 1 is 0.367 bits per heavy atom. The summed E-state index contributed by atoms with van der Waals surface area (Å²) in [5.74, 6) is 0. The zero-order valence-electron chi connectivity index (χ0n) is 35.3. The molecule has 0 fully saturated rings. The molecule has 0 bridgehead atoms. The van der Waals surface area contributed by atoms with Crippen molar-refractivity contribution in [3.63, 3.8) is 0 Å². The molecule has 1 heterocycles. The number of anilines is 3. The van der Waals surface area contributed by atoms with E-state index >= 15 is 0 Å². The van der Waals surface area contributed by atoms with Gasteiger partial charge in [0.25, 0.3) is 0 Å². The predicted molar refractivity (Wildman–Crippen MR) is 263 cm³/mol. The van der Waals surface area contributed by atoms with Crippen molar-refractivity contribution in [1.29, 1.82) is 0 Å². The fourth-order valence-electron chi connectivity index (χ4n) is 8.99. The molecule has 60 heavy (non-hydrogen) atoms. The van der Waals surface area contributed by atoms with E-state index in [9.17, 15) is 0 Å². The van der Waals surface area contributed by atoms with Gasteiger partial charge in [-0.3, -0.25) is 0 Å². The van der Waals surface area contributed by atoms with E-state index in [2.05, 4.69) is 234 Å². The normalized spacial score (nSPS) is 12.2. The van der Waals surface area contributed by atoms with Crippen LogP contribution in [-0.4, -0.2) is 0 Å². The molecular weight excluding hydrogens is 743 g/mol. The van der Waals surface area contributed by atoms with Crippen LogP contribution in [0.4, 0.5) is 17.1 Å². The van der Waals surface area contributed by atoms with Crippen molar-refractivity contribution in [2.45, 2.75) is 52.4 Å². The van der Waals surface area contributed by atoms with E-state index in [0.717, 1.165) is 17.1 Å². The van der Waals surface area contributed by atoms with Gasteiger partial charge >= 0.3 is 0 Å². The average molecular weight is 792 g/mol. The van der Waals surface area contributed by atoms with Crippen LogP contribution in [0, 0.1) is 0 Å². The van der Waals surface area contributed by atoms with Gasteiger partial charge in [0.05, 0.1) is 11.4 Å². The average Bonchev–Trinajstić information content (AvgIpc) is 3.65. The number of para-hydroxylation sites is 1. The monoisotopic (exact) mass is 791 g/mol. The second kappa shape index (κ2) is 14.7. The summed E-state index contributed by atoms with van der Waals surface area (Å²) in [7, 11) is 0. The van der Waals surface area contributed by atoms with Gasteiger partial charge in [-0.25, -0.2) is 0 Å². The summed E-state index contributed by atoms with van der Waals surface area (Å²) < 4.78 is 2.63. The Morgan fingerprint density at radius 3 is 1.67 bits per heavy atom. The number of fused-ring (bicyclic) bond motifs is 5. The van der Waals surface area contributed by atoms with Crippen molar-refractivity contribution in [3.8, 4) is 33.4 Å². The summed E-state index contributed by atoms with van der Waals surface area (Å²) in [5, 5.41) is 7.54. The Balaban J connectivity index is 1.23. The molecule has 0 amide bonds. The summed E-state index contributed by atoms with van der Waals surface area (Å²) in [6.07, 6.45) is 0. The van der Waals surface area contributed by atoms with E-state index in [-0.39, 0.29) is 10.8 Å². The minimum absolute atomic E-state index is 0.00553. The quantitative estimate of drug-likeness (QED) is 0.162. The lowest BCUT2D eigenvalue weighted by Gasteiger charge is -2.30. The zero-order chi connectivity index (χ0) is 41.2. The van der Waals surface area contributed by atoms with Crippen LogP contribution in [0.1, 0.15) is 52.7 Å². The van der Waals surface area contributed by atoms with Gasteiger partial charge in [0.15, 0.2) is 0 Å². The lowest BCUT2D eigenvalue weighted by molar-refractivity contribution is 0.569. The molecule has 0 saturated carbocycles. The third-order valence-electron chi connectivity index (χ3n) is 12.1. The van der Waals surface area contributed by atoms with Crippen LogP contribution in [0.2, 0.25) is 0 Å². The summed E-state index contributed by atoms with van der Waals surface area (Å²) >= 11 is 1.87. The first-order chi connectivity index (χ1) is 29.0. The van der Waals surface area contributed by atoms with Gasteiger partial charge in [-0.05, 0) is 102 Å². The molecule has 0 saturated heterocycles. The third kappa shape index (κ3) is 6.66. The lowest BCUT2D eigenvalue weighted by atomic mass is 9.78. The van der Waals surface area contributed by atoms with Crippen LogP contribution in [-0.2, 0) is 10.8 Å². The molecule has 0 spiro atoms. The largest absolute Gasteiger partial charge is 0.309 e. The molecule has 0 N–H and O–H groups in total. The van der Waals surface area contributed by atoms with Crippen molar-refractivity contribution in [1.82, 2.24) is 0 Å². The predicted octanol–water partition coefficient (Wildman–Crippen LogP) is 17.4. The molecule has 1 aromatic heterocycles. The number of benzene rings is 9. The van der Waals surface area contributed by atoms with Gasteiger partial charge in [0.2, 0.25) is 0 Å². The number of nitrogens with zero attached hydrogens (tertiary/aromatic N) is 1. The topological polar surface area (TPSA) is 3.24 Å². The maximum absolute atomic E-state index is 2.49. The fourth-order valence-corrected chi connectivity index (χ4v) is 10.1. The summed E-state index contributed by atoms with van der Waals surface area (Å²) in [6.45, 7) is 13.9. The van der Waals surface area contributed by atoms with Crippen LogP contribution in [0.15, 0.2) is 188 Å². The second-order valence-electron chi connectivity index (χ2n) is 18.2. The first-order valence-corrected chi connectivity index (χ1v) is 21.9. The molecule has 0 aliphatic carbocycles. The van der Waals surface area contributed by atoms with Gasteiger partial charge in [0.1, 0.15) is 0 Å². The van der Waals surface area contributed by atoms with Gasteiger partial charge in [-0.1, -0.05) is 193 Å². The molecule has 0 aliphatic rings. The van der Waals surface area contributed by atoms with Crippen molar-refractivity contribution >= 4 is 70.1 Å². The van der Waals surface area contributed by atoms with Gasteiger partial charge in [-0.15, -0.1) is 11.3 Å². The van der Waals surface area contributed by atoms with E-state index in [1.807, 2.05) is 11.3 Å².